The van der Waals surface area contributed by atoms with E-state index in [4.69, 9.17) is 3.07 Å². The summed E-state index contributed by atoms with van der Waals surface area (Å²) in [6, 6.07) is 5.34. The molecule has 1 aliphatic heterocycles. The molecule has 6 heteroatoms. The molecule has 0 aromatic heterocycles. The van der Waals surface area contributed by atoms with E-state index in [2.05, 4.69) is 3.15 Å². The maximum atomic E-state index is 10.1. The van der Waals surface area contributed by atoms with E-state index in [0.717, 1.165) is 23.2 Å². The maximum absolute atomic E-state index is 10.1. The molecule has 0 unspecified atom stereocenters. The summed E-state index contributed by atoms with van der Waals surface area (Å²) in [7, 11) is 0. The topological polar surface area (TPSA) is 64.7 Å². The highest BCUT2D eigenvalue weighted by Crippen LogP contribution is 2.39. The zero-order valence-electron chi connectivity index (χ0n) is 6.88. The van der Waals surface area contributed by atoms with E-state index < -0.39 is 26.4 Å². The molecule has 0 aliphatic carbocycles. The van der Waals surface area contributed by atoms with Crippen molar-refractivity contribution < 1.29 is 7.99 Å². The van der Waals surface area contributed by atoms with Crippen LogP contribution in [0.25, 0.3) is 6.08 Å². The van der Waals surface area contributed by atoms with E-state index in [1.54, 1.807) is 12.1 Å². The number of hydrogen-bond donors (Lipinski definition) is 0. The summed E-state index contributed by atoms with van der Waals surface area (Å²) < 4.78 is 9.45. The van der Waals surface area contributed by atoms with E-state index in [-0.39, 0.29) is 0 Å². The van der Waals surface area contributed by atoms with Gasteiger partial charge in [0.05, 0.1) is 4.92 Å². The van der Waals surface area contributed by atoms with Gasteiger partial charge in [-0.05, 0) is 17.7 Å². The number of rotatable bonds is 2. The Bertz CT molecular complexity index is 442. The van der Waals surface area contributed by atoms with Crippen LogP contribution in [0, 0.1) is 10.1 Å². The summed E-state index contributed by atoms with van der Waals surface area (Å²) in [5, 5.41) is 10.1. The minimum atomic E-state index is -0.556. The molecule has 0 saturated carbocycles. The van der Waals surface area contributed by atoms with Crippen molar-refractivity contribution in [1.82, 2.24) is 0 Å². The number of benzene rings is 1. The highest BCUT2D eigenvalue weighted by Gasteiger charge is 2.08. The lowest BCUT2D eigenvalue weighted by molar-refractivity contribution is -0.400. The zero-order chi connectivity index (χ0) is 9.97. The van der Waals surface area contributed by atoms with Crippen molar-refractivity contribution in [2.24, 2.45) is 3.15 Å². The monoisotopic (exact) mass is 304 g/mol. The highest BCUT2D eigenvalue weighted by atomic mass is 127. The highest BCUT2D eigenvalue weighted by molar-refractivity contribution is 14.1. The van der Waals surface area contributed by atoms with Gasteiger partial charge in [0.15, 0.2) is 5.75 Å². The van der Waals surface area contributed by atoms with Crippen molar-refractivity contribution in [2.45, 2.75) is 0 Å². The Morgan fingerprint density at radius 1 is 1.57 bits per heavy atom. The van der Waals surface area contributed by atoms with Gasteiger partial charge in [-0.3, -0.25) is 10.1 Å². The van der Waals surface area contributed by atoms with E-state index in [9.17, 15) is 10.1 Å². The van der Waals surface area contributed by atoms with Gasteiger partial charge in [-0.15, -0.1) is 0 Å². The molecule has 0 amide bonds. The van der Waals surface area contributed by atoms with Gasteiger partial charge in [0.2, 0.25) is 27.6 Å². The molecule has 0 saturated heterocycles. The Morgan fingerprint density at radius 2 is 2.43 bits per heavy atom. The Hall–Kier alpha value is -1.31. The summed E-state index contributed by atoms with van der Waals surface area (Å²) >= 11 is -0.556. The van der Waals surface area contributed by atoms with Gasteiger partial charge in [-0.2, -0.15) is 3.15 Å². The van der Waals surface area contributed by atoms with E-state index >= 15 is 0 Å². The predicted octanol–water partition coefficient (Wildman–Crippen LogP) is 3.03. The molecule has 5 nitrogen and oxygen atoms in total. The molecule has 1 heterocycles. The normalized spacial score (nSPS) is 13.4. The Morgan fingerprint density at radius 3 is 3.21 bits per heavy atom. The molecule has 0 N–H and O–H groups in total. The average Bonchev–Trinajstić information content (AvgIpc) is 2.61. The number of nitrogens with zero attached hydrogens (tertiary/aromatic N) is 2. The quantitative estimate of drug-likeness (QED) is 0.479. The van der Waals surface area contributed by atoms with Crippen LogP contribution in [0.15, 0.2) is 27.5 Å². The van der Waals surface area contributed by atoms with Crippen molar-refractivity contribution in [2.75, 3.05) is 0 Å². The third-order valence-electron chi connectivity index (χ3n) is 1.62. The van der Waals surface area contributed by atoms with E-state index in [1.165, 1.54) is 6.08 Å². The van der Waals surface area contributed by atoms with Gasteiger partial charge in [-0.1, -0.05) is 6.07 Å². The second kappa shape index (κ2) is 3.82. The molecular formula is C8H5IN2O3. The molecule has 0 radical (unpaired) electrons. The number of hydrogen-bond acceptors (Lipinski definition) is 4. The summed E-state index contributed by atoms with van der Waals surface area (Å²) in [5.41, 5.74) is 1.60. The van der Waals surface area contributed by atoms with Gasteiger partial charge in [0.1, 0.15) is 5.69 Å². The average molecular weight is 304 g/mol. The predicted molar refractivity (Wildman–Crippen MR) is 59.2 cm³/mol. The fraction of sp³-hybridized carbons (Fsp3) is 0. The number of fused-ring (bicyclic) bond motifs is 1. The molecule has 0 bridgehead atoms. The van der Waals surface area contributed by atoms with Gasteiger partial charge in [-0.25, -0.2) is 0 Å². The van der Waals surface area contributed by atoms with Crippen LogP contribution in [-0.4, -0.2) is 4.92 Å². The fourth-order valence-corrected chi connectivity index (χ4v) is 2.28. The first kappa shape index (κ1) is 9.25. The molecule has 14 heavy (non-hydrogen) atoms. The molecular weight excluding hydrogens is 299 g/mol. The van der Waals surface area contributed by atoms with Crippen molar-refractivity contribution in [3.8, 4) is 5.75 Å². The fourth-order valence-electron chi connectivity index (χ4n) is 1.00. The first-order valence-corrected chi connectivity index (χ1v) is 5.58. The van der Waals surface area contributed by atoms with Crippen LogP contribution in [0.1, 0.15) is 5.56 Å². The summed E-state index contributed by atoms with van der Waals surface area (Å²) in [6.07, 6.45) is 2.34. The summed E-state index contributed by atoms with van der Waals surface area (Å²) in [6.45, 7) is 0. The largest absolute Gasteiger partial charge is 0.417 e. The van der Waals surface area contributed by atoms with Gasteiger partial charge < -0.3 is 3.07 Å². The van der Waals surface area contributed by atoms with Crippen LogP contribution in [0.3, 0.4) is 0 Å². The summed E-state index contributed by atoms with van der Waals surface area (Å²) in [4.78, 5) is 9.59. The lowest BCUT2D eigenvalue weighted by Crippen LogP contribution is -1.82. The Kier molecular flexibility index (Phi) is 2.53. The Balaban J connectivity index is 2.26. The standard InChI is InChI=1S/C8H5IN2O3/c12-11(13)4-3-6-1-2-7-8(5-6)14-9-10-7/h1-5H/b4-3+. The molecule has 1 aromatic carbocycles. The third-order valence-corrected chi connectivity index (χ3v) is 3.00. The first-order valence-electron chi connectivity index (χ1n) is 3.73. The number of halogens is 1. The Labute approximate surface area is 90.2 Å². The lowest BCUT2D eigenvalue weighted by atomic mass is 10.2. The molecule has 1 aliphatic rings. The minimum absolute atomic E-state index is 0.495. The van der Waals surface area contributed by atoms with Crippen LogP contribution in [0.2, 0.25) is 0 Å². The van der Waals surface area contributed by atoms with E-state index in [0.29, 0.717) is 0 Å². The SMILES string of the molecule is O=[N+]([O-])/C=C/c1ccc2c(c1)OI=N2. The van der Waals surface area contributed by atoms with Gasteiger partial charge in [0.25, 0.3) is 0 Å². The van der Waals surface area contributed by atoms with Crippen LogP contribution < -0.4 is 3.07 Å². The lowest BCUT2D eigenvalue weighted by Gasteiger charge is -1.96. The van der Waals surface area contributed by atoms with Crippen molar-refractivity contribution in [3.05, 3.63) is 40.1 Å². The van der Waals surface area contributed by atoms with Gasteiger partial charge in [0, 0.05) is 6.08 Å². The maximum Gasteiger partial charge on any atom is 0.238 e. The summed E-state index contributed by atoms with van der Waals surface area (Å²) in [5.74, 6) is 0.725. The van der Waals surface area contributed by atoms with Crippen molar-refractivity contribution in [1.29, 1.82) is 0 Å². The van der Waals surface area contributed by atoms with Crippen LogP contribution in [0.5, 0.6) is 5.75 Å². The number of nitro groups is 1. The second-order valence-electron chi connectivity index (χ2n) is 2.56. The molecule has 72 valence electrons. The van der Waals surface area contributed by atoms with Crippen LogP contribution in [0.4, 0.5) is 5.69 Å². The molecule has 2 rings (SSSR count). The second-order valence-corrected chi connectivity index (χ2v) is 3.88. The van der Waals surface area contributed by atoms with Crippen LogP contribution in [-0.2, 0) is 0 Å². The molecule has 0 spiro atoms. The van der Waals surface area contributed by atoms with Crippen LogP contribution >= 0.6 is 21.4 Å². The van der Waals surface area contributed by atoms with E-state index in [1.807, 2.05) is 6.07 Å². The molecule has 0 atom stereocenters. The van der Waals surface area contributed by atoms with Crippen molar-refractivity contribution >= 4 is 33.2 Å². The third kappa shape index (κ3) is 1.95. The smallest absolute Gasteiger partial charge is 0.238 e. The minimum Gasteiger partial charge on any atom is -0.417 e. The zero-order valence-corrected chi connectivity index (χ0v) is 9.04. The molecule has 1 aromatic rings. The molecule has 0 fully saturated rings. The van der Waals surface area contributed by atoms with Crippen molar-refractivity contribution in [3.63, 3.8) is 0 Å². The first-order chi connectivity index (χ1) is 6.75. The van der Waals surface area contributed by atoms with Gasteiger partial charge >= 0.3 is 0 Å².